The highest BCUT2D eigenvalue weighted by Crippen LogP contribution is 2.33. The molecule has 6 nitrogen and oxygen atoms in total. The number of hydrogen-bond acceptors (Lipinski definition) is 4. The molecule has 1 N–H and O–H groups in total. The van der Waals surface area contributed by atoms with E-state index < -0.39 is 0 Å². The third kappa shape index (κ3) is 4.92. The second-order valence-electron chi connectivity index (χ2n) is 9.05. The van der Waals surface area contributed by atoms with Crippen molar-refractivity contribution in [2.45, 2.75) is 58.8 Å². The van der Waals surface area contributed by atoms with Crippen molar-refractivity contribution in [2.24, 2.45) is 10.1 Å². The predicted molar refractivity (Wildman–Crippen MR) is 139 cm³/mol. The minimum absolute atomic E-state index is 0.0815. The Morgan fingerprint density at radius 2 is 1.68 bits per heavy atom. The lowest BCUT2D eigenvalue weighted by atomic mass is 9.98. The normalized spacial score (nSPS) is 21.1. The summed E-state index contributed by atoms with van der Waals surface area (Å²) >= 11 is 0. The molecule has 2 heterocycles. The van der Waals surface area contributed by atoms with E-state index in [1.165, 1.54) is 0 Å². The van der Waals surface area contributed by atoms with Crippen molar-refractivity contribution >= 4 is 35.1 Å². The molecule has 1 unspecified atom stereocenters. The van der Waals surface area contributed by atoms with Crippen LogP contribution in [0.1, 0.15) is 64.4 Å². The third-order valence-corrected chi connectivity index (χ3v) is 6.42. The molecule has 0 aliphatic carbocycles. The topological polar surface area (TPSA) is 70.9 Å². The largest absolute Gasteiger partial charge is 0.323 e. The second kappa shape index (κ2) is 10.3. The molecule has 0 bridgehead atoms. The molecule has 34 heavy (non-hydrogen) atoms. The fourth-order valence-corrected chi connectivity index (χ4v) is 4.41. The highest BCUT2D eigenvalue weighted by atomic mass is 16.2. The number of nitrogens with zero attached hydrogens (tertiary/aromatic N) is 3. The first-order valence-corrected chi connectivity index (χ1v) is 12.2. The molecule has 2 aliphatic heterocycles. The molecule has 6 heteroatoms. The van der Waals surface area contributed by atoms with Crippen molar-refractivity contribution in [3.63, 3.8) is 0 Å². The molecule has 0 saturated carbocycles. The quantitative estimate of drug-likeness (QED) is 0.292. The first-order valence-electron chi connectivity index (χ1n) is 12.2. The Morgan fingerprint density at radius 3 is 2.35 bits per heavy atom. The zero-order valence-electron chi connectivity index (χ0n) is 20.3. The van der Waals surface area contributed by atoms with Gasteiger partial charge in [0.05, 0.1) is 12.1 Å². The summed E-state index contributed by atoms with van der Waals surface area (Å²) in [5, 5.41) is 7.69. The molecule has 1 amide bonds. The molecular formula is C28H33N4O2+. The Balaban J connectivity index is 1.64. The van der Waals surface area contributed by atoms with E-state index in [-0.39, 0.29) is 18.1 Å². The van der Waals surface area contributed by atoms with Crippen LogP contribution in [-0.4, -0.2) is 30.4 Å². The van der Waals surface area contributed by atoms with Crippen molar-refractivity contribution in [1.82, 2.24) is 9.91 Å². The second-order valence-corrected chi connectivity index (χ2v) is 9.05. The van der Waals surface area contributed by atoms with Gasteiger partial charge in [-0.3, -0.25) is 9.59 Å². The molecule has 1 saturated heterocycles. The molecule has 4 rings (SSSR count). The van der Waals surface area contributed by atoms with E-state index in [9.17, 15) is 9.59 Å². The van der Waals surface area contributed by atoms with Crippen LogP contribution in [0.5, 0.6) is 0 Å². The van der Waals surface area contributed by atoms with Crippen LogP contribution in [0.4, 0.5) is 5.69 Å². The maximum absolute atomic E-state index is 12.1. The summed E-state index contributed by atoms with van der Waals surface area (Å²) < 4.78 is 0.381. The maximum Gasteiger partial charge on any atom is 0.236 e. The molecule has 1 atom stereocenters. The highest BCUT2D eigenvalue weighted by molar-refractivity contribution is 6.17. The summed E-state index contributed by atoms with van der Waals surface area (Å²) in [6, 6.07) is 16.3. The minimum atomic E-state index is -0.250. The Bertz CT molecular complexity index is 1180. The Morgan fingerprint density at radius 1 is 0.971 bits per heavy atom. The lowest BCUT2D eigenvalue weighted by molar-refractivity contribution is -0.121. The van der Waals surface area contributed by atoms with Gasteiger partial charge in [0.1, 0.15) is 7.05 Å². The predicted octanol–water partition coefficient (Wildman–Crippen LogP) is 5.83. The fraction of sp³-hybridized carbons (Fsp3) is 0.357. The summed E-state index contributed by atoms with van der Waals surface area (Å²) in [5.74, 6) is 1.62. The van der Waals surface area contributed by atoms with E-state index in [1.807, 2.05) is 24.3 Å². The summed E-state index contributed by atoms with van der Waals surface area (Å²) in [5.41, 5.74) is 4.38. The fourth-order valence-electron chi connectivity index (χ4n) is 4.41. The lowest BCUT2D eigenvalue weighted by Gasteiger charge is -2.24. The number of rotatable bonds is 9. The SMILES string of the molecule is CCCCC1=N[N+](C)(c2ccc(-c3ccccc3/C=C3\NC(=O)CC3=O)cc2)C(CCCC)=N1. The molecular weight excluding hydrogens is 424 g/mol. The van der Waals surface area contributed by atoms with Gasteiger partial charge in [-0.1, -0.05) is 56.1 Å². The van der Waals surface area contributed by atoms with Gasteiger partial charge in [-0.05, 0) is 47.7 Å². The van der Waals surface area contributed by atoms with Crippen LogP contribution in [-0.2, 0) is 9.59 Å². The Labute approximate surface area is 201 Å². The number of aliphatic imine (C=N–C) groups is 1. The van der Waals surface area contributed by atoms with Crippen LogP contribution in [0.15, 0.2) is 64.3 Å². The number of carbonyl (C=O) groups excluding carboxylic acids is 2. The number of nitrogens with one attached hydrogen (secondary N) is 1. The minimum Gasteiger partial charge on any atom is -0.323 e. The monoisotopic (exact) mass is 457 g/mol. The van der Waals surface area contributed by atoms with Crippen LogP contribution in [0.3, 0.4) is 0 Å². The van der Waals surface area contributed by atoms with Crippen molar-refractivity contribution in [1.29, 1.82) is 0 Å². The average Bonchev–Trinajstić information content (AvgIpc) is 3.34. The van der Waals surface area contributed by atoms with Gasteiger partial charge in [-0.2, -0.15) is 4.99 Å². The Kier molecular flexibility index (Phi) is 7.17. The van der Waals surface area contributed by atoms with Crippen LogP contribution >= 0.6 is 0 Å². The zero-order chi connectivity index (χ0) is 24.1. The van der Waals surface area contributed by atoms with E-state index in [0.717, 1.165) is 72.6 Å². The first-order chi connectivity index (χ1) is 16.4. The van der Waals surface area contributed by atoms with Crippen molar-refractivity contribution in [2.75, 3.05) is 7.05 Å². The summed E-state index contributed by atoms with van der Waals surface area (Å²) in [4.78, 5) is 28.6. The molecule has 0 aromatic heterocycles. The summed E-state index contributed by atoms with van der Waals surface area (Å²) in [6.45, 7) is 4.39. The van der Waals surface area contributed by atoms with Crippen molar-refractivity contribution < 1.29 is 9.59 Å². The van der Waals surface area contributed by atoms with Crippen LogP contribution < -0.4 is 9.91 Å². The number of amides is 1. The highest BCUT2D eigenvalue weighted by Gasteiger charge is 2.38. The number of carbonyl (C=O) groups is 2. The van der Waals surface area contributed by atoms with E-state index in [1.54, 1.807) is 6.08 Å². The molecule has 2 aliphatic rings. The van der Waals surface area contributed by atoms with Crippen molar-refractivity contribution in [3.05, 3.63) is 59.8 Å². The molecule has 0 radical (unpaired) electrons. The van der Waals surface area contributed by atoms with Gasteiger partial charge in [0.2, 0.25) is 11.7 Å². The number of amidine groups is 2. The number of quaternary nitrogens is 1. The standard InChI is InChI=1S/C28H32N4O2/c1-4-6-12-26-30-27(13-7-5-2)32(3,31-26)22-16-14-20(15-17-22)23-11-9-8-10-21(23)18-24-25(33)19-28(34)29-24/h8-11,14-18H,4-7,12-13,19H2,1-3H3/p+1/b24-18-. The molecule has 1 fully saturated rings. The summed E-state index contributed by atoms with van der Waals surface area (Å²) in [7, 11) is 2.12. The smallest absolute Gasteiger partial charge is 0.236 e. The number of hydrogen-bond donors (Lipinski definition) is 1. The van der Waals surface area contributed by atoms with Gasteiger partial charge in [0.15, 0.2) is 17.3 Å². The van der Waals surface area contributed by atoms with Crippen LogP contribution in [0, 0.1) is 0 Å². The zero-order valence-corrected chi connectivity index (χ0v) is 20.3. The van der Waals surface area contributed by atoms with Gasteiger partial charge < -0.3 is 5.32 Å². The van der Waals surface area contributed by atoms with E-state index in [2.05, 4.69) is 50.5 Å². The van der Waals surface area contributed by atoms with E-state index in [4.69, 9.17) is 10.1 Å². The van der Waals surface area contributed by atoms with Crippen LogP contribution in [0.25, 0.3) is 17.2 Å². The number of ketones is 1. The van der Waals surface area contributed by atoms with Crippen LogP contribution in [0.2, 0.25) is 0 Å². The van der Waals surface area contributed by atoms with Gasteiger partial charge in [-0.15, -0.1) is 4.59 Å². The average molecular weight is 458 g/mol. The van der Waals surface area contributed by atoms with Gasteiger partial charge >= 0.3 is 0 Å². The van der Waals surface area contributed by atoms with Gasteiger partial charge in [0, 0.05) is 25.0 Å². The maximum atomic E-state index is 12.1. The summed E-state index contributed by atoms with van der Waals surface area (Å²) in [6.07, 6.45) is 7.97. The molecule has 2 aromatic rings. The molecule has 176 valence electrons. The molecule has 2 aromatic carbocycles. The third-order valence-electron chi connectivity index (χ3n) is 6.42. The number of benzene rings is 2. The van der Waals surface area contributed by atoms with Crippen molar-refractivity contribution in [3.8, 4) is 11.1 Å². The lowest BCUT2D eigenvalue weighted by Crippen LogP contribution is -2.43. The number of unbranched alkanes of at least 4 members (excludes halogenated alkanes) is 2. The van der Waals surface area contributed by atoms with E-state index >= 15 is 0 Å². The van der Waals surface area contributed by atoms with Gasteiger partial charge in [0.25, 0.3) is 0 Å². The van der Waals surface area contributed by atoms with E-state index in [0.29, 0.717) is 10.3 Å². The Hall–Kier alpha value is -3.38. The number of Topliss-reactive ketones (excluding diaryl/α,β-unsaturated/α-hetero) is 1. The molecule has 0 spiro atoms. The number of allylic oxidation sites excluding steroid dienone is 1. The first kappa shape index (κ1) is 23.8. The van der Waals surface area contributed by atoms with Gasteiger partial charge in [-0.25, -0.2) is 0 Å².